The molecule has 11 amide bonds. The number of hydrogen-bond donors (Lipinski definition) is 18. The van der Waals surface area contributed by atoms with E-state index in [-0.39, 0.29) is 78.4 Å². The van der Waals surface area contributed by atoms with Gasteiger partial charge in [-0.1, -0.05) is 31.7 Å². The number of amides is 11. The summed E-state index contributed by atoms with van der Waals surface area (Å²) in [4.78, 5) is 206. The molecule has 0 saturated carbocycles. The summed E-state index contributed by atoms with van der Waals surface area (Å²) in [6.07, 6.45) is -10.2. The summed E-state index contributed by atoms with van der Waals surface area (Å²) in [6.45, 7) is 19.5. The quantitative estimate of drug-likeness (QED) is 0.0111. The van der Waals surface area contributed by atoms with Crippen LogP contribution in [0.3, 0.4) is 0 Å². The molecule has 8 atom stereocenters. The van der Waals surface area contributed by atoms with E-state index in [1.54, 1.807) is 103 Å². The van der Waals surface area contributed by atoms with Crippen LogP contribution in [-0.2, 0) is 219 Å². The number of ether oxygens (including phenoxy) is 3. The SMILES string of the molecule is C.CC(=O)C[C@@H]1NC(=O)CNC(=O)[C@H](CCC[NH+]=C(C)N)NC(=O)[C@H](CCCCNC(=O)OC(C)(C)C)NC(=O)[C@@H](Cc2ccc(F)cc2)NC1=O.CC(N)=NCCC[C@H](NC(=O)[C@H](CCCCNC(=O)OC(C)(C)C)NC(=O)[C@@H](Cc1ccc(F)cc1)NC(=O)[C@@H]([NH3+])CC(=O)OC(C)(C)C)C(=O)NCC(=O)O.O=C(O)C(F)(F)F.O=C(O)C(F)(F)F.S=S=S=S=S=S.S=S=S=S=S=S=S. The van der Waals surface area contributed by atoms with Crippen molar-refractivity contribution in [2.45, 2.75) is 258 Å². The summed E-state index contributed by atoms with van der Waals surface area (Å²) in [5, 5.41) is 51.5. The first kappa shape index (κ1) is 132. The lowest BCUT2D eigenvalue weighted by Gasteiger charge is -2.26. The van der Waals surface area contributed by atoms with Crippen LogP contribution in [-0.4, -0.2) is 239 Å². The Bertz CT molecular complexity index is 4660. The molecule has 1 saturated heterocycles. The molecule has 0 unspecified atom stereocenters. The van der Waals surface area contributed by atoms with Crippen LogP contribution in [0.25, 0.3) is 0 Å². The average Bonchev–Trinajstić information content (AvgIpc) is 1.76. The van der Waals surface area contributed by atoms with Crippen LogP contribution in [0.15, 0.2) is 53.5 Å². The van der Waals surface area contributed by atoms with Gasteiger partial charge in [-0.3, -0.25) is 73.3 Å². The van der Waals surface area contributed by atoms with Gasteiger partial charge in [-0.2, -0.15) is 26.3 Å². The van der Waals surface area contributed by atoms with Gasteiger partial charge >= 0.3 is 48.4 Å². The summed E-state index contributed by atoms with van der Waals surface area (Å²) in [5.41, 5.74) is 13.7. The number of carbonyl (C=O) groups excluding carboxylic acids is 13. The molecule has 0 bridgehead atoms. The zero-order valence-electron chi connectivity index (χ0n) is 74.6. The third kappa shape index (κ3) is 72.9. The molecule has 1 aliphatic heterocycles. The molecule has 1 heterocycles. The number of nitrogens with one attached hydrogen (secondary N) is 12. The van der Waals surface area contributed by atoms with E-state index in [1.807, 2.05) is 0 Å². The van der Waals surface area contributed by atoms with Gasteiger partial charge in [-0.25, -0.2) is 28.0 Å². The van der Waals surface area contributed by atoms with Crippen LogP contribution in [0.1, 0.15) is 179 Å². The zero-order chi connectivity index (χ0) is 103. The highest BCUT2D eigenvalue weighted by molar-refractivity contribution is 8.68. The molecule has 0 aliphatic carbocycles. The smallest absolute Gasteiger partial charge is 0.480 e. The van der Waals surface area contributed by atoms with E-state index in [2.05, 4.69) is 119 Å². The molecule has 766 valence electrons. The van der Waals surface area contributed by atoms with Crippen molar-refractivity contribution in [3.8, 4) is 0 Å². The largest absolute Gasteiger partial charge is 0.490 e. The van der Waals surface area contributed by atoms with E-state index in [0.717, 1.165) is 0 Å². The van der Waals surface area contributed by atoms with E-state index in [1.165, 1.54) is 109 Å². The molecule has 59 heteroatoms. The van der Waals surface area contributed by atoms with Gasteiger partial charge in [-0.15, -0.1) is 0 Å². The Hall–Kier alpha value is -9.04. The molecule has 22 N–H and O–H groups in total. The topological polar surface area (TPSA) is 600 Å². The van der Waals surface area contributed by atoms with Crippen LogP contribution in [0.5, 0.6) is 0 Å². The van der Waals surface area contributed by atoms with Crippen molar-refractivity contribution < 1.29 is 152 Å². The average molecular weight is 2180 g/mol. The molecule has 135 heavy (non-hydrogen) atoms. The first-order valence-corrected chi connectivity index (χ1v) is 54.3. The number of carboxylic acid groups (broad SMARTS) is 3. The molecule has 0 aromatic heterocycles. The van der Waals surface area contributed by atoms with Gasteiger partial charge in [0.05, 0.1) is 18.9 Å². The number of unbranched alkanes of at least 4 members (excludes halogenated alkanes) is 2. The minimum absolute atomic E-state index is 0. The maximum Gasteiger partial charge on any atom is 0.490 e. The second-order valence-corrected chi connectivity index (χ2v) is 46.8. The fourth-order valence-electron chi connectivity index (χ4n) is 10.0. The predicted octanol–water partition coefficient (Wildman–Crippen LogP) is 0.439. The van der Waals surface area contributed by atoms with Crippen LogP contribution >= 0.6 is 0 Å². The Balaban J connectivity index is -0.000000987. The number of hydrogen-bond acceptors (Lipinski definition) is 24. The molecule has 38 nitrogen and oxygen atoms in total. The Morgan fingerprint density at radius 3 is 1.36 bits per heavy atom. The minimum atomic E-state index is -5.08. The number of nitrogens with two attached hydrogens (primary N) is 2. The second kappa shape index (κ2) is 71.4. The number of aliphatic imine (C=N–C) groups is 1. The number of esters is 1. The van der Waals surface area contributed by atoms with Gasteiger partial charge in [0.2, 0.25) is 53.1 Å². The van der Waals surface area contributed by atoms with E-state index < -0.39 is 210 Å². The van der Waals surface area contributed by atoms with Crippen molar-refractivity contribution in [1.29, 1.82) is 0 Å². The lowest BCUT2D eigenvalue weighted by atomic mass is 10.0. The van der Waals surface area contributed by atoms with Gasteiger partial charge in [0.15, 0.2) is 6.04 Å². The summed E-state index contributed by atoms with van der Waals surface area (Å²) in [7, 11) is 13.0. The lowest BCUT2D eigenvalue weighted by Crippen LogP contribution is -2.74. The van der Waals surface area contributed by atoms with Gasteiger partial charge < -0.3 is 99.5 Å². The molecular weight excluding hydrogens is 2060 g/mol. The number of carboxylic acids is 3. The molecule has 2 aromatic carbocycles. The monoisotopic (exact) mass is 2170 g/mol. The number of aliphatic carboxylic acids is 3. The number of alkyl halides is 6. The minimum Gasteiger partial charge on any atom is -0.480 e. The number of nitrogens with zero attached hydrogens (tertiary/aromatic N) is 1. The maximum atomic E-state index is 13.9. The second-order valence-electron chi connectivity index (χ2n) is 30.9. The molecule has 0 spiro atoms. The number of benzene rings is 2. The molecule has 3 rings (SSSR count). The van der Waals surface area contributed by atoms with E-state index in [4.69, 9.17) is 50.6 Å². The van der Waals surface area contributed by atoms with Gasteiger partial charge in [0, 0.05) is 170 Å². The van der Waals surface area contributed by atoms with Gasteiger partial charge in [0.1, 0.15) is 89.5 Å². The lowest BCUT2D eigenvalue weighted by molar-refractivity contribution is -0.459. The third-order valence-corrected chi connectivity index (χ3v) is 31.2. The summed E-state index contributed by atoms with van der Waals surface area (Å²) >= 11 is 18.2. The summed E-state index contributed by atoms with van der Waals surface area (Å²) in [5.74, 6) is -15.1. The van der Waals surface area contributed by atoms with E-state index in [9.17, 15) is 102 Å². The van der Waals surface area contributed by atoms with Crippen LogP contribution in [0.2, 0.25) is 0 Å². The number of amidine groups is 2. The molecule has 1 fully saturated rings. The number of quaternary nitrogens is 1. The highest BCUT2D eigenvalue weighted by Crippen LogP contribution is 2.18. The number of ketones is 1. The number of rotatable bonds is 35. The van der Waals surface area contributed by atoms with E-state index in [0.29, 0.717) is 55.0 Å². The zero-order valence-corrected chi connectivity index (χ0v) is 85.2. The number of alkyl carbamates (subject to hydrolysis) is 2. The first-order chi connectivity index (χ1) is 62.1. The standard InChI is InChI=1S/C37H59FN8O10.C34H51FN8O8.2C2HF3O2.CH4.S7.S6/c1-22(39)41-18-10-12-26(32(51)43-21-29(47)48)44-33(52)27(11-8-9-17-42-35(54)56-37(5,6)7)45-34(53)28(19-23-13-15-24(38)16-14-23)46-31(50)25(40)20-30(49)55-36(2,3)4;1-20(44)17-26-31(48)43-27(18-22-11-13-23(35)14-12-22)32(49)42-25(9-6-7-15-38-33(50)51-34(3,4)5)30(47)41-24(10-8-16-37-21(2)36)29(46)39-19-28(45)40-26;2*3-2(4,5)1(6)7;;1-3-5-7-6-4-2;1-3-5-6-4-2/h13-16,25-28H,8-12,17-21,40H2,1-7H3,(H2,39,41)(H,42,54)(H,43,51)(H,44,52)(H,45,53)(H,46,50)(H,47,48);11-14,24-27H,6-10,15-19H2,1-5H3,(H2,36,37)(H,38,50)(H,39,46)(H,40,45)(H,41,47)(H,42,49)(H,43,48);2*(H,6,7);1H4;;/p+2/t25-,26-,27-,28+;24-,25-,26-,27+;;;;;/m00...../s1. The molecule has 0 radical (unpaired) electrons. The molecule has 2 aromatic rings. The Morgan fingerprint density at radius 1 is 0.526 bits per heavy atom. The molecular formula is C76H118F8N16O22S13+2. The Labute approximate surface area is 820 Å². The van der Waals surface area contributed by atoms with Crippen molar-refractivity contribution >= 4 is 231 Å². The van der Waals surface area contributed by atoms with Crippen LogP contribution in [0, 0.1) is 11.6 Å². The first-order valence-electron chi connectivity index (χ1n) is 39.7. The predicted molar refractivity (Wildman–Crippen MR) is 517 cm³/mol. The van der Waals surface area contributed by atoms with Crippen molar-refractivity contribution in [2.75, 3.05) is 39.3 Å². The van der Waals surface area contributed by atoms with Crippen LogP contribution < -0.4 is 80.7 Å². The van der Waals surface area contributed by atoms with Crippen molar-refractivity contribution in [2.24, 2.45) is 16.5 Å². The highest BCUT2D eigenvalue weighted by atomic mass is 33.4. The molecule has 1 aliphatic rings. The van der Waals surface area contributed by atoms with Crippen molar-refractivity contribution in [3.05, 3.63) is 71.3 Å². The summed E-state index contributed by atoms with van der Waals surface area (Å²) in [6, 6.07) is 0.389. The Kier molecular flexibility index (Phi) is 70.0. The third-order valence-electron chi connectivity index (χ3n) is 15.6. The fraction of sp³-hybridized carbons (Fsp3) is 0.605. The van der Waals surface area contributed by atoms with Crippen molar-refractivity contribution in [3.63, 3.8) is 0 Å². The maximum absolute atomic E-state index is 13.9. The normalized spacial score (nSPS) is 15.5. The number of Topliss-reactive ketones (excluding diaryl/α,β-unsaturated/α-hetero) is 1. The van der Waals surface area contributed by atoms with Gasteiger partial charge in [0.25, 0.3) is 5.91 Å². The van der Waals surface area contributed by atoms with Crippen LogP contribution in [0.4, 0.5) is 44.7 Å². The van der Waals surface area contributed by atoms with E-state index >= 15 is 0 Å². The number of halogens is 8. The number of carbonyl (C=O) groups is 16. The fourth-order valence-corrected chi connectivity index (χ4v) is 23.7. The highest BCUT2D eigenvalue weighted by Gasteiger charge is 2.40. The Morgan fingerprint density at radius 2 is 0.926 bits per heavy atom. The summed E-state index contributed by atoms with van der Waals surface area (Å²) < 4.78 is 107. The van der Waals surface area contributed by atoms with Gasteiger partial charge in [-0.05, 0) is 176 Å². The van der Waals surface area contributed by atoms with Crippen molar-refractivity contribution in [1.82, 2.24) is 58.5 Å².